The third-order valence-electron chi connectivity index (χ3n) is 4.74. The van der Waals surface area contributed by atoms with E-state index in [0.717, 1.165) is 18.4 Å². The van der Waals surface area contributed by atoms with Crippen LogP contribution >= 0.6 is 23.2 Å². The highest BCUT2D eigenvalue weighted by Gasteiger charge is 2.41. The number of nitrogens with two attached hydrogens (primary N) is 1. The first-order chi connectivity index (χ1) is 10.1. The molecule has 2 aromatic rings. The summed E-state index contributed by atoms with van der Waals surface area (Å²) in [5.74, 6) is 0. The predicted molar refractivity (Wildman–Crippen MR) is 90.0 cm³/mol. The normalized spacial score (nSPS) is 18.6. The molecule has 0 aliphatic heterocycles. The summed E-state index contributed by atoms with van der Waals surface area (Å²) < 4.78 is 0. The molecule has 21 heavy (non-hydrogen) atoms. The Hall–Kier alpha value is -1.02. The molecule has 1 saturated carbocycles. The number of benzene rings is 2. The van der Waals surface area contributed by atoms with E-state index in [0.29, 0.717) is 10.0 Å². The monoisotopic (exact) mass is 319 g/mol. The van der Waals surface area contributed by atoms with E-state index in [2.05, 4.69) is 30.3 Å². The van der Waals surface area contributed by atoms with E-state index in [1.165, 1.54) is 18.4 Å². The van der Waals surface area contributed by atoms with Crippen molar-refractivity contribution in [2.45, 2.75) is 37.1 Å². The maximum absolute atomic E-state index is 6.68. The SMILES string of the molecule is NC(c1ccc(Cl)c(Cl)c1)C1(c2ccccc2)CCCC1. The van der Waals surface area contributed by atoms with Crippen molar-refractivity contribution in [1.82, 2.24) is 0 Å². The molecular weight excluding hydrogens is 301 g/mol. The summed E-state index contributed by atoms with van der Waals surface area (Å²) in [4.78, 5) is 0. The first kappa shape index (κ1) is 14.9. The lowest BCUT2D eigenvalue weighted by molar-refractivity contribution is 0.356. The molecule has 1 atom stereocenters. The number of halogens is 2. The molecule has 0 radical (unpaired) electrons. The second-order valence-corrected chi connectivity index (χ2v) is 6.69. The Bertz CT molecular complexity index is 618. The Morgan fingerprint density at radius 1 is 0.905 bits per heavy atom. The molecule has 0 bridgehead atoms. The summed E-state index contributed by atoms with van der Waals surface area (Å²) in [6, 6.07) is 16.3. The van der Waals surface area contributed by atoms with Crippen molar-refractivity contribution in [2.24, 2.45) is 5.73 Å². The summed E-state index contributed by atoms with van der Waals surface area (Å²) in [5, 5.41) is 1.15. The molecular formula is C18H19Cl2N. The van der Waals surface area contributed by atoms with Gasteiger partial charge in [0.25, 0.3) is 0 Å². The summed E-state index contributed by atoms with van der Waals surface area (Å²) in [7, 11) is 0. The molecule has 1 fully saturated rings. The van der Waals surface area contributed by atoms with E-state index in [1.54, 1.807) is 0 Å². The van der Waals surface area contributed by atoms with E-state index in [-0.39, 0.29) is 11.5 Å². The van der Waals surface area contributed by atoms with Crippen molar-refractivity contribution >= 4 is 23.2 Å². The van der Waals surface area contributed by atoms with E-state index >= 15 is 0 Å². The molecule has 1 aliphatic carbocycles. The van der Waals surface area contributed by atoms with Crippen LogP contribution in [0.5, 0.6) is 0 Å². The van der Waals surface area contributed by atoms with Gasteiger partial charge < -0.3 is 5.73 Å². The zero-order valence-corrected chi connectivity index (χ0v) is 13.4. The van der Waals surface area contributed by atoms with Crippen molar-refractivity contribution in [3.05, 3.63) is 69.7 Å². The Kier molecular flexibility index (Phi) is 4.26. The zero-order chi connectivity index (χ0) is 14.9. The predicted octanol–water partition coefficient (Wildman–Crippen LogP) is 5.51. The van der Waals surface area contributed by atoms with E-state index < -0.39 is 0 Å². The molecule has 0 spiro atoms. The topological polar surface area (TPSA) is 26.0 Å². The van der Waals surface area contributed by atoms with Gasteiger partial charge in [-0.05, 0) is 36.1 Å². The van der Waals surface area contributed by atoms with Gasteiger partial charge in [-0.15, -0.1) is 0 Å². The molecule has 3 rings (SSSR count). The van der Waals surface area contributed by atoms with Crippen LogP contribution in [-0.2, 0) is 5.41 Å². The quantitative estimate of drug-likeness (QED) is 0.793. The number of hydrogen-bond acceptors (Lipinski definition) is 1. The van der Waals surface area contributed by atoms with Gasteiger partial charge in [-0.25, -0.2) is 0 Å². The molecule has 0 saturated heterocycles. The first-order valence-corrected chi connectivity index (χ1v) is 8.15. The Balaban J connectivity index is 2.03. The Labute approximate surface area is 136 Å². The van der Waals surface area contributed by atoms with Gasteiger partial charge in [0, 0.05) is 11.5 Å². The average Bonchev–Trinajstić information content (AvgIpc) is 3.01. The van der Waals surface area contributed by atoms with Crippen molar-refractivity contribution in [1.29, 1.82) is 0 Å². The van der Waals surface area contributed by atoms with Gasteiger partial charge in [0.05, 0.1) is 10.0 Å². The lowest BCUT2D eigenvalue weighted by Gasteiger charge is -2.36. The zero-order valence-electron chi connectivity index (χ0n) is 11.9. The maximum atomic E-state index is 6.68. The van der Waals surface area contributed by atoms with Gasteiger partial charge in [-0.1, -0.05) is 72.4 Å². The molecule has 2 aromatic carbocycles. The van der Waals surface area contributed by atoms with Crippen LogP contribution in [0.3, 0.4) is 0 Å². The first-order valence-electron chi connectivity index (χ1n) is 7.39. The molecule has 3 heteroatoms. The van der Waals surface area contributed by atoms with Crippen LogP contribution in [0.25, 0.3) is 0 Å². The van der Waals surface area contributed by atoms with Crippen LogP contribution in [-0.4, -0.2) is 0 Å². The van der Waals surface area contributed by atoms with E-state index in [4.69, 9.17) is 28.9 Å². The van der Waals surface area contributed by atoms with E-state index in [9.17, 15) is 0 Å². The minimum absolute atomic E-state index is 0.0123. The molecule has 0 amide bonds. The van der Waals surface area contributed by atoms with Gasteiger partial charge in [-0.2, -0.15) is 0 Å². The van der Waals surface area contributed by atoms with Crippen LogP contribution in [0.15, 0.2) is 48.5 Å². The van der Waals surface area contributed by atoms with Crippen molar-refractivity contribution in [2.75, 3.05) is 0 Å². The molecule has 0 heterocycles. The Morgan fingerprint density at radius 3 is 2.19 bits per heavy atom. The van der Waals surface area contributed by atoms with Crippen LogP contribution in [0.4, 0.5) is 0 Å². The molecule has 110 valence electrons. The second-order valence-electron chi connectivity index (χ2n) is 5.88. The van der Waals surface area contributed by atoms with Crippen LogP contribution in [0, 0.1) is 0 Å². The van der Waals surface area contributed by atoms with Gasteiger partial charge >= 0.3 is 0 Å². The largest absolute Gasteiger partial charge is 0.323 e. The standard InChI is InChI=1S/C18H19Cl2N/c19-15-9-8-13(12-16(15)20)17(21)18(10-4-5-11-18)14-6-2-1-3-7-14/h1-3,6-9,12,17H,4-5,10-11,21H2. The number of rotatable bonds is 3. The summed E-state index contributed by atoms with van der Waals surface area (Å²) in [5.41, 5.74) is 9.10. The van der Waals surface area contributed by atoms with Crippen molar-refractivity contribution < 1.29 is 0 Å². The lowest BCUT2D eigenvalue weighted by atomic mass is 9.71. The van der Waals surface area contributed by atoms with Crippen LogP contribution < -0.4 is 5.73 Å². The molecule has 0 aromatic heterocycles. The molecule has 1 unspecified atom stereocenters. The third-order valence-corrected chi connectivity index (χ3v) is 5.48. The third kappa shape index (κ3) is 2.70. The fraction of sp³-hybridized carbons (Fsp3) is 0.333. The summed E-state index contributed by atoms with van der Waals surface area (Å²) >= 11 is 12.2. The molecule has 2 N–H and O–H groups in total. The highest BCUT2D eigenvalue weighted by Crippen LogP contribution is 2.49. The minimum Gasteiger partial charge on any atom is -0.323 e. The second kappa shape index (κ2) is 6.00. The van der Waals surface area contributed by atoms with E-state index in [1.807, 2.05) is 18.2 Å². The van der Waals surface area contributed by atoms with Gasteiger partial charge in [0.1, 0.15) is 0 Å². The van der Waals surface area contributed by atoms with Gasteiger partial charge in [0.15, 0.2) is 0 Å². The summed E-state index contributed by atoms with van der Waals surface area (Å²) in [6.07, 6.45) is 4.70. The minimum atomic E-state index is -0.0582. The summed E-state index contributed by atoms with van der Waals surface area (Å²) in [6.45, 7) is 0. The number of hydrogen-bond donors (Lipinski definition) is 1. The molecule has 1 nitrogen and oxygen atoms in total. The van der Waals surface area contributed by atoms with Gasteiger partial charge in [0.2, 0.25) is 0 Å². The Morgan fingerprint density at radius 2 is 1.57 bits per heavy atom. The lowest BCUT2D eigenvalue weighted by Crippen LogP contribution is -2.36. The van der Waals surface area contributed by atoms with Crippen LogP contribution in [0.2, 0.25) is 10.0 Å². The van der Waals surface area contributed by atoms with Crippen molar-refractivity contribution in [3.8, 4) is 0 Å². The molecule has 1 aliphatic rings. The highest BCUT2D eigenvalue weighted by atomic mass is 35.5. The average molecular weight is 320 g/mol. The highest BCUT2D eigenvalue weighted by molar-refractivity contribution is 6.42. The van der Waals surface area contributed by atoms with Crippen LogP contribution in [0.1, 0.15) is 42.9 Å². The fourth-order valence-electron chi connectivity index (χ4n) is 3.58. The smallest absolute Gasteiger partial charge is 0.0595 e. The maximum Gasteiger partial charge on any atom is 0.0595 e. The van der Waals surface area contributed by atoms with Crippen molar-refractivity contribution in [3.63, 3.8) is 0 Å². The fourth-order valence-corrected chi connectivity index (χ4v) is 3.89. The van der Waals surface area contributed by atoms with Gasteiger partial charge in [-0.3, -0.25) is 0 Å².